The maximum Gasteiger partial charge on any atom is 0.326 e. The highest BCUT2D eigenvalue weighted by atomic mass is 16.4. The molecule has 1 saturated heterocycles. The number of hydrogen-bond acceptors (Lipinski definition) is 3. The van der Waals surface area contributed by atoms with Crippen LogP contribution in [0.15, 0.2) is 0 Å². The molecule has 1 heterocycles. The predicted molar refractivity (Wildman–Crippen MR) is 61.4 cm³/mol. The lowest BCUT2D eigenvalue weighted by molar-refractivity contribution is -0.155. The van der Waals surface area contributed by atoms with Crippen LogP contribution < -0.4 is 0 Å². The molecule has 0 radical (unpaired) electrons. The van der Waals surface area contributed by atoms with Crippen molar-refractivity contribution in [3.05, 3.63) is 0 Å². The molecule has 3 aliphatic rings. The van der Waals surface area contributed by atoms with Crippen LogP contribution in [0.25, 0.3) is 0 Å². The van der Waals surface area contributed by atoms with Crippen molar-refractivity contribution >= 4 is 17.8 Å². The van der Waals surface area contributed by atoms with Gasteiger partial charge >= 0.3 is 5.97 Å². The number of carbonyl (C=O) groups excluding carboxylic acids is 2. The Bertz CT molecular complexity index is 405. The van der Waals surface area contributed by atoms with Crippen molar-refractivity contribution in [2.75, 3.05) is 0 Å². The molecule has 1 N–H and O–H groups in total. The third kappa shape index (κ3) is 1.30. The predicted octanol–water partition coefficient (Wildman–Crippen LogP) is 0.881. The molecule has 1 aliphatic heterocycles. The molecule has 3 rings (SSSR count). The minimum atomic E-state index is -1.08. The van der Waals surface area contributed by atoms with E-state index < -0.39 is 12.0 Å². The molecule has 0 aromatic rings. The van der Waals surface area contributed by atoms with E-state index in [4.69, 9.17) is 5.11 Å². The molecule has 5 heteroatoms. The third-order valence-corrected chi connectivity index (χ3v) is 4.94. The monoisotopic (exact) mass is 251 g/mol. The van der Waals surface area contributed by atoms with E-state index in [1.54, 1.807) is 6.92 Å². The number of imide groups is 1. The van der Waals surface area contributed by atoms with Crippen molar-refractivity contribution < 1.29 is 19.5 Å². The number of carboxylic acids is 1. The smallest absolute Gasteiger partial charge is 0.326 e. The highest BCUT2D eigenvalue weighted by Gasteiger charge is 2.62. The number of nitrogens with zero attached hydrogens (tertiary/aromatic N) is 1. The Kier molecular flexibility index (Phi) is 2.47. The Morgan fingerprint density at radius 2 is 1.78 bits per heavy atom. The van der Waals surface area contributed by atoms with Gasteiger partial charge in [0.15, 0.2) is 0 Å². The van der Waals surface area contributed by atoms with Gasteiger partial charge in [0, 0.05) is 0 Å². The summed E-state index contributed by atoms with van der Waals surface area (Å²) in [5.41, 5.74) is 0. The molecule has 2 saturated carbocycles. The van der Waals surface area contributed by atoms with Crippen molar-refractivity contribution in [3.8, 4) is 0 Å². The van der Waals surface area contributed by atoms with Crippen molar-refractivity contribution in [2.45, 2.75) is 38.6 Å². The average molecular weight is 251 g/mol. The van der Waals surface area contributed by atoms with Gasteiger partial charge in [-0.2, -0.15) is 0 Å². The Morgan fingerprint density at radius 3 is 2.17 bits per heavy atom. The molecule has 0 aromatic carbocycles. The van der Waals surface area contributed by atoms with Crippen LogP contribution in [-0.2, 0) is 14.4 Å². The van der Waals surface area contributed by atoms with E-state index in [0.717, 1.165) is 24.2 Å². The van der Waals surface area contributed by atoms with Gasteiger partial charge in [0.05, 0.1) is 11.8 Å². The first kappa shape index (κ1) is 11.7. The first-order valence-electron chi connectivity index (χ1n) is 6.66. The maximum absolute atomic E-state index is 12.3. The van der Waals surface area contributed by atoms with Crippen LogP contribution in [0.5, 0.6) is 0 Å². The lowest BCUT2D eigenvalue weighted by Crippen LogP contribution is -2.45. The number of rotatable bonds is 3. The van der Waals surface area contributed by atoms with Gasteiger partial charge < -0.3 is 5.11 Å². The van der Waals surface area contributed by atoms with Gasteiger partial charge in [0.1, 0.15) is 6.04 Å². The van der Waals surface area contributed by atoms with Gasteiger partial charge in [-0.25, -0.2) is 4.79 Å². The number of aliphatic carboxylic acids is 1. The van der Waals surface area contributed by atoms with Crippen LogP contribution in [0, 0.1) is 23.7 Å². The number of carboxylic acid groups (broad SMARTS) is 1. The van der Waals surface area contributed by atoms with Crippen LogP contribution in [0.2, 0.25) is 0 Å². The minimum Gasteiger partial charge on any atom is -0.480 e. The number of fused-ring (bicyclic) bond motifs is 5. The summed E-state index contributed by atoms with van der Waals surface area (Å²) >= 11 is 0. The second-order valence-corrected chi connectivity index (χ2v) is 5.69. The van der Waals surface area contributed by atoms with E-state index in [2.05, 4.69) is 0 Å². The molecule has 5 nitrogen and oxygen atoms in total. The fraction of sp³-hybridized carbons (Fsp3) is 0.769. The first-order chi connectivity index (χ1) is 8.56. The van der Waals surface area contributed by atoms with Gasteiger partial charge in [0.25, 0.3) is 0 Å². The number of likely N-dealkylation sites (tertiary alicyclic amines) is 1. The number of carbonyl (C=O) groups is 3. The van der Waals surface area contributed by atoms with Gasteiger partial charge in [-0.3, -0.25) is 14.5 Å². The van der Waals surface area contributed by atoms with Crippen LogP contribution in [-0.4, -0.2) is 33.8 Å². The van der Waals surface area contributed by atoms with E-state index in [-0.39, 0.29) is 30.1 Å². The summed E-state index contributed by atoms with van der Waals surface area (Å²) in [6.45, 7) is 1.70. The highest BCUT2D eigenvalue weighted by Crippen LogP contribution is 2.56. The van der Waals surface area contributed by atoms with E-state index >= 15 is 0 Å². The standard InChI is InChI=1S/C13H17NO4/c1-2-8(13(17)18)14-11(15)9-6-3-4-7(5-6)10(9)12(14)16/h6-10H,2-5H2,1H3,(H,17,18). The fourth-order valence-corrected chi connectivity index (χ4v) is 4.21. The first-order valence-corrected chi connectivity index (χ1v) is 6.66. The second kappa shape index (κ2) is 3.80. The van der Waals surface area contributed by atoms with Gasteiger partial charge in [-0.15, -0.1) is 0 Å². The molecule has 0 spiro atoms. The van der Waals surface area contributed by atoms with Gasteiger partial charge in [-0.1, -0.05) is 6.92 Å². The van der Waals surface area contributed by atoms with E-state index in [0.29, 0.717) is 11.8 Å². The number of amides is 2. The lowest BCUT2D eigenvalue weighted by Gasteiger charge is -2.23. The molecule has 2 bridgehead atoms. The van der Waals surface area contributed by atoms with Crippen molar-refractivity contribution in [1.29, 1.82) is 0 Å². The van der Waals surface area contributed by atoms with Crippen LogP contribution >= 0.6 is 0 Å². The van der Waals surface area contributed by atoms with Crippen LogP contribution in [0.1, 0.15) is 32.6 Å². The minimum absolute atomic E-state index is 0.218. The van der Waals surface area contributed by atoms with Gasteiger partial charge in [0.2, 0.25) is 11.8 Å². The summed E-state index contributed by atoms with van der Waals surface area (Å²) in [5, 5.41) is 9.13. The van der Waals surface area contributed by atoms with E-state index in [1.165, 1.54) is 0 Å². The van der Waals surface area contributed by atoms with E-state index in [1.807, 2.05) is 0 Å². The van der Waals surface area contributed by atoms with Crippen LogP contribution in [0.4, 0.5) is 0 Å². The Hall–Kier alpha value is -1.39. The third-order valence-electron chi connectivity index (χ3n) is 4.94. The molecule has 2 amide bonds. The molecule has 98 valence electrons. The summed E-state index contributed by atoms with van der Waals surface area (Å²) in [7, 11) is 0. The Labute approximate surface area is 105 Å². The SMILES string of the molecule is CCC(C(=O)O)N1C(=O)C2C3CCC(C3)C2C1=O. The summed E-state index contributed by atoms with van der Waals surface area (Å²) in [6.07, 6.45) is 3.29. The van der Waals surface area contributed by atoms with Crippen molar-refractivity contribution in [1.82, 2.24) is 4.90 Å². The Balaban J connectivity index is 1.93. The molecule has 5 atom stereocenters. The zero-order valence-electron chi connectivity index (χ0n) is 10.3. The molecule has 3 fully saturated rings. The maximum atomic E-state index is 12.3. The summed E-state index contributed by atoms with van der Waals surface area (Å²) in [4.78, 5) is 36.9. The summed E-state index contributed by atoms with van der Waals surface area (Å²) in [6, 6.07) is -0.977. The molecule has 18 heavy (non-hydrogen) atoms. The molecular formula is C13H17NO4. The number of hydrogen-bond donors (Lipinski definition) is 1. The normalized spacial score (nSPS) is 39.3. The van der Waals surface area contributed by atoms with E-state index in [9.17, 15) is 14.4 Å². The molecule has 0 aromatic heterocycles. The highest BCUT2D eigenvalue weighted by molar-refractivity contribution is 6.08. The van der Waals surface area contributed by atoms with Gasteiger partial charge in [-0.05, 0) is 37.5 Å². The van der Waals surface area contributed by atoms with Crippen LogP contribution in [0.3, 0.4) is 0 Å². The summed E-state index contributed by atoms with van der Waals surface area (Å²) in [5.74, 6) is -1.35. The van der Waals surface area contributed by atoms with Crippen molar-refractivity contribution in [2.24, 2.45) is 23.7 Å². The largest absolute Gasteiger partial charge is 0.480 e. The zero-order chi connectivity index (χ0) is 13.0. The quantitative estimate of drug-likeness (QED) is 0.756. The Morgan fingerprint density at radius 1 is 1.28 bits per heavy atom. The second-order valence-electron chi connectivity index (χ2n) is 5.69. The topological polar surface area (TPSA) is 74.7 Å². The average Bonchev–Trinajstić information content (AvgIpc) is 2.98. The fourth-order valence-electron chi connectivity index (χ4n) is 4.21. The summed E-state index contributed by atoms with van der Waals surface area (Å²) < 4.78 is 0. The zero-order valence-corrected chi connectivity index (χ0v) is 10.3. The van der Waals surface area contributed by atoms with Crippen molar-refractivity contribution in [3.63, 3.8) is 0 Å². The molecule has 2 aliphatic carbocycles. The molecular weight excluding hydrogens is 234 g/mol. The lowest BCUT2D eigenvalue weighted by atomic mass is 9.81. The molecule has 5 unspecified atom stereocenters.